The Morgan fingerprint density at radius 1 is 1.13 bits per heavy atom. The number of rotatable bonds is 6. The van der Waals surface area contributed by atoms with E-state index >= 15 is 0 Å². The van der Waals surface area contributed by atoms with Gasteiger partial charge in [-0.2, -0.15) is 0 Å². The minimum atomic E-state index is 0.117. The first-order chi connectivity index (χ1) is 14.6. The summed E-state index contributed by atoms with van der Waals surface area (Å²) < 4.78 is 6.38. The average Bonchev–Trinajstić information content (AvgIpc) is 3.22. The van der Waals surface area contributed by atoms with Crippen molar-refractivity contribution >= 4 is 34.7 Å². The van der Waals surface area contributed by atoms with E-state index in [1.165, 1.54) is 0 Å². The number of nitrogens with zero attached hydrogens (tertiary/aromatic N) is 3. The predicted molar refractivity (Wildman–Crippen MR) is 124 cm³/mol. The molecule has 0 radical (unpaired) electrons. The van der Waals surface area contributed by atoms with Crippen LogP contribution in [0.15, 0.2) is 58.3 Å². The first-order valence-corrected chi connectivity index (χ1v) is 11.8. The molecule has 0 aliphatic carbocycles. The first kappa shape index (κ1) is 20.8. The van der Waals surface area contributed by atoms with E-state index in [-0.39, 0.29) is 5.91 Å². The third kappa shape index (κ3) is 4.79. The van der Waals surface area contributed by atoms with Gasteiger partial charge in [0.15, 0.2) is 0 Å². The zero-order valence-electron chi connectivity index (χ0n) is 17.2. The number of amides is 1. The lowest BCUT2D eigenvalue weighted by atomic mass is 10.1. The third-order valence-corrected chi connectivity index (χ3v) is 7.37. The molecule has 7 heteroatoms. The van der Waals surface area contributed by atoms with E-state index in [2.05, 4.69) is 21.3 Å². The fourth-order valence-electron chi connectivity index (χ4n) is 3.54. The molecular weight excluding hydrogens is 414 g/mol. The normalized spacial score (nSPS) is 14.1. The van der Waals surface area contributed by atoms with E-state index in [1.807, 2.05) is 54.3 Å². The van der Waals surface area contributed by atoms with Crippen LogP contribution >= 0.6 is 23.1 Å². The smallest absolute Gasteiger partial charge is 0.254 e. The molecule has 0 bridgehead atoms. The summed E-state index contributed by atoms with van der Waals surface area (Å²) in [5.41, 5.74) is 4.04. The van der Waals surface area contributed by atoms with Gasteiger partial charge in [-0.1, -0.05) is 36.0 Å². The summed E-state index contributed by atoms with van der Waals surface area (Å²) in [6, 6.07) is 16.0. The summed E-state index contributed by atoms with van der Waals surface area (Å²) in [6.07, 6.45) is 0. The zero-order valence-corrected chi connectivity index (χ0v) is 18.8. The highest BCUT2D eigenvalue weighted by atomic mass is 32.2. The number of anilines is 1. The van der Waals surface area contributed by atoms with Crippen molar-refractivity contribution in [1.82, 2.24) is 9.88 Å². The van der Waals surface area contributed by atoms with Crippen molar-refractivity contribution in [3.8, 4) is 5.75 Å². The standard InChI is InChI=1S/C23H25N3O2S2/c1-17-15-29-23(24-17)30-16-18-6-3-4-9-21(18)22(27)26-12-10-25(11-13-26)19-7-5-8-20(14-19)28-2/h3-9,14-15H,10-13,16H2,1-2H3. The fourth-order valence-corrected chi connectivity index (χ4v) is 5.39. The van der Waals surface area contributed by atoms with Crippen LogP contribution < -0.4 is 9.64 Å². The molecule has 5 nitrogen and oxygen atoms in total. The van der Waals surface area contributed by atoms with Gasteiger partial charge in [0.25, 0.3) is 5.91 Å². The monoisotopic (exact) mass is 439 g/mol. The van der Waals surface area contributed by atoms with Gasteiger partial charge in [-0.15, -0.1) is 11.3 Å². The fraction of sp³-hybridized carbons (Fsp3) is 0.304. The highest BCUT2D eigenvalue weighted by Gasteiger charge is 2.24. The van der Waals surface area contributed by atoms with Crippen molar-refractivity contribution < 1.29 is 9.53 Å². The van der Waals surface area contributed by atoms with Crippen LogP contribution in [0.2, 0.25) is 0 Å². The molecule has 1 aromatic heterocycles. The quantitative estimate of drug-likeness (QED) is 0.520. The Bertz CT molecular complexity index is 1010. The van der Waals surface area contributed by atoms with Gasteiger partial charge in [0.1, 0.15) is 10.1 Å². The SMILES string of the molecule is COc1cccc(N2CCN(C(=O)c3ccccc3CSc3nc(C)cs3)CC2)c1. The number of benzene rings is 2. The average molecular weight is 440 g/mol. The summed E-state index contributed by atoms with van der Waals surface area (Å²) in [7, 11) is 1.68. The second-order valence-electron chi connectivity index (χ2n) is 7.18. The van der Waals surface area contributed by atoms with Gasteiger partial charge in [0.05, 0.1) is 7.11 Å². The predicted octanol–water partition coefficient (Wildman–Crippen LogP) is 4.71. The first-order valence-electron chi connectivity index (χ1n) is 9.95. The van der Waals surface area contributed by atoms with Crippen LogP contribution in [0.5, 0.6) is 5.75 Å². The van der Waals surface area contributed by atoms with Gasteiger partial charge in [-0.25, -0.2) is 4.98 Å². The molecule has 1 aliphatic rings. The Hall–Kier alpha value is -2.51. The van der Waals surface area contributed by atoms with Crippen LogP contribution in [0.25, 0.3) is 0 Å². The summed E-state index contributed by atoms with van der Waals surface area (Å²) in [5, 5.41) is 2.06. The van der Waals surface area contributed by atoms with Crippen LogP contribution in [0.1, 0.15) is 21.6 Å². The second kappa shape index (κ2) is 9.53. The number of hydrogen-bond donors (Lipinski definition) is 0. The molecule has 3 aromatic rings. The third-order valence-electron chi connectivity index (χ3n) is 5.18. The lowest BCUT2D eigenvalue weighted by Gasteiger charge is -2.36. The summed E-state index contributed by atoms with van der Waals surface area (Å²) in [5.74, 6) is 1.72. The molecule has 1 saturated heterocycles. The molecule has 1 aliphatic heterocycles. The van der Waals surface area contributed by atoms with Crippen LogP contribution in [-0.4, -0.2) is 49.1 Å². The molecule has 2 aromatic carbocycles. The summed E-state index contributed by atoms with van der Waals surface area (Å²) >= 11 is 3.34. The number of thioether (sulfide) groups is 1. The van der Waals surface area contributed by atoms with Crippen LogP contribution in [0, 0.1) is 6.92 Å². The highest BCUT2D eigenvalue weighted by molar-refractivity contribution is 8.00. The number of hydrogen-bond acceptors (Lipinski definition) is 6. The zero-order chi connectivity index (χ0) is 20.9. The van der Waals surface area contributed by atoms with Crippen molar-refractivity contribution in [3.05, 3.63) is 70.7 Å². The summed E-state index contributed by atoms with van der Waals surface area (Å²) in [6.45, 7) is 5.05. The number of aromatic nitrogens is 1. The highest BCUT2D eigenvalue weighted by Crippen LogP contribution is 2.28. The Morgan fingerprint density at radius 3 is 2.67 bits per heavy atom. The van der Waals surface area contributed by atoms with E-state index in [0.717, 1.165) is 51.4 Å². The van der Waals surface area contributed by atoms with E-state index in [1.54, 1.807) is 30.2 Å². The van der Waals surface area contributed by atoms with Crippen molar-refractivity contribution in [2.75, 3.05) is 38.2 Å². The maximum atomic E-state index is 13.2. The van der Waals surface area contributed by atoms with Crippen molar-refractivity contribution in [2.24, 2.45) is 0 Å². The van der Waals surface area contributed by atoms with E-state index < -0.39 is 0 Å². The molecule has 2 heterocycles. The number of methoxy groups -OCH3 is 1. The molecule has 0 spiro atoms. The minimum absolute atomic E-state index is 0.117. The maximum Gasteiger partial charge on any atom is 0.254 e. The largest absolute Gasteiger partial charge is 0.497 e. The van der Waals surface area contributed by atoms with Crippen LogP contribution in [0.4, 0.5) is 5.69 Å². The van der Waals surface area contributed by atoms with Gasteiger partial charge >= 0.3 is 0 Å². The van der Waals surface area contributed by atoms with E-state index in [0.29, 0.717) is 13.1 Å². The van der Waals surface area contributed by atoms with Gasteiger partial charge in [-0.3, -0.25) is 4.79 Å². The molecule has 1 fully saturated rings. The second-order valence-corrected chi connectivity index (χ2v) is 9.26. The Morgan fingerprint density at radius 2 is 1.93 bits per heavy atom. The Kier molecular flexibility index (Phi) is 6.59. The number of carbonyl (C=O) groups is 1. The van der Waals surface area contributed by atoms with Gasteiger partial charge < -0.3 is 14.5 Å². The molecule has 4 rings (SSSR count). The molecule has 156 valence electrons. The van der Waals surface area contributed by atoms with Gasteiger partial charge in [-0.05, 0) is 30.7 Å². The van der Waals surface area contributed by atoms with E-state index in [4.69, 9.17) is 4.74 Å². The van der Waals surface area contributed by atoms with Gasteiger partial charge in [0, 0.05) is 60.3 Å². The Labute approximate surface area is 185 Å². The lowest BCUT2D eigenvalue weighted by Crippen LogP contribution is -2.49. The molecule has 30 heavy (non-hydrogen) atoms. The van der Waals surface area contributed by atoms with Crippen LogP contribution in [-0.2, 0) is 5.75 Å². The topological polar surface area (TPSA) is 45.7 Å². The van der Waals surface area contributed by atoms with Crippen molar-refractivity contribution in [1.29, 1.82) is 0 Å². The number of ether oxygens (including phenoxy) is 1. The molecule has 1 amide bonds. The number of piperazine rings is 1. The summed E-state index contributed by atoms with van der Waals surface area (Å²) in [4.78, 5) is 22.0. The van der Waals surface area contributed by atoms with Crippen LogP contribution in [0.3, 0.4) is 0 Å². The molecule has 0 atom stereocenters. The number of thiazole rings is 1. The molecule has 0 saturated carbocycles. The molecule has 0 N–H and O–H groups in total. The van der Waals surface area contributed by atoms with Gasteiger partial charge in [0.2, 0.25) is 0 Å². The maximum absolute atomic E-state index is 13.2. The molecular formula is C23H25N3O2S2. The van der Waals surface area contributed by atoms with Crippen molar-refractivity contribution in [2.45, 2.75) is 17.0 Å². The van der Waals surface area contributed by atoms with E-state index in [9.17, 15) is 4.79 Å². The minimum Gasteiger partial charge on any atom is -0.497 e. The lowest BCUT2D eigenvalue weighted by molar-refractivity contribution is 0.0746. The Balaban J connectivity index is 1.40. The van der Waals surface area contributed by atoms with Crippen molar-refractivity contribution in [3.63, 3.8) is 0 Å². The number of aryl methyl sites for hydroxylation is 1. The number of carbonyl (C=O) groups excluding carboxylic acids is 1. The molecule has 0 unspecified atom stereocenters.